The summed E-state index contributed by atoms with van der Waals surface area (Å²) in [6.45, 7) is 3.02. The lowest BCUT2D eigenvalue weighted by molar-refractivity contribution is -0.113. The number of hydrogen-bond donors (Lipinski definition) is 1. The Morgan fingerprint density at radius 3 is 2.66 bits per heavy atom. The van der Waals surface area contributed by atoms with Gasteiger partial charge in [0.15, 0.2) is 5.16 Å². The minimum absolute atomic E-state index is 0.0599. The van der Waals surface area contributed by atoms with Gasteiger partial charge in [0.2, 0.25) is 5.91 Å². The van der Waals surface area contributed by atoms with Crippen molar-refractivity contribution in [2.24, 2.45) is 0 Å². The minimum atomic E-state index is -0.159. The summed E-state index contributed by atoms with van der Waals surface area (Å²) >= 11 is 2.67. The molecule has 2 aromatic heterocycles. The number of carbonyl (C=O) groups excluding carboxylic acids is 1. The van der Waals surface area contributed by atoms with Gasteiger partial charge in [-0.25, -0.2) is 4.98 Å². The molecular formula is C24H23N3O3S2. The zero-order chi connectivity index (χ0) is 22.3. The number of fused-ring (bicyclic) bond motifs is 1. The summed E-state index contributed by atoms with van der Waals surface area (Å²) in [5, 5.41) is 5.30. The highest BCUT2D eigenvalue weighted by atomic mass is 32.2. The second-order valence-electron chi connectivity index (χ2n) is 7.02. The van der Waals surface area contributed by atoms with Crippen LogP contribution in [0.2, 0.25) is 0 Å². The number of amides is 1. The Hall–Kier alpha value is -3.10. The van der Waals surface area contributed by atoms with Gasteiger partial charge in [-0.3, -0.25) is 14.2 Å². The average Bonchev–Trinajstić information content (AvgIpc) is 3.28. The number of benzene rings is 2. The van der Waals surface area contributed by atoms with Gasteiger partial charge in [-0.1, -0.05) is 42.1 Å². The maximum Gasteiger partial charge on any atom is 0.272 e. The molecule has 0 spiro atoms. The molecule has 0 saturated carbocycles. The molecule has 0 radical (unpaired) electrons. The van der Waals surface area contributed by atoms with E-state index in [1.54, 1.807) is 16.7 Å². The van der Waals surface area contributed by atoms with Gasteiger partial charge in [0, 0.05) is 12.2 Å². The highest BCUT2D eigenvalue weighted by Crippen LogP contribution is 2.22. The van der Waals surface area contributed by atoms with E-state index in [1.165, 1.54) is 23.1 Å². The van der Waals surface area contributed by atoms with Gasteiger partial charge in [0.05, 0.1) is 17.9 Å². The predicted octanol–water partition coefficient (Wildman–Crippen LogP) is 4.83. The fourth-order valence-corrected chi connectivity index (χ4v) is 4.85. The topological polar surface area (TPSA) is 73.2 Å². The third kappa shape index (κ3) is 5.38. The van der Waals surface area contributed by atoms with Gasteiger partial charge in [0.1, 0.15) is 10.4 Å². The summed E-state index contributed by atoms with van der Waals surface area (Å²) in [7, 11) is 0. The Balaban J connectivity index is 1.47. The first-order chi connectivity index (χ1) is 15.6. The minimum Gasteiger partial charge on any atom is -0.494 e. The third-order valence-corrected chi connectivity index (χ3v) is 6.65. The number of hydrogen-bond acceptors (Lipinski definition) is 6. The molecule has 0 aliphatic carbocycles. The Bertz CT molecular complexity index is 1250. The summed E-state index contributed by atoms with van der Waals surface area (Å²) < 4.78 is 7.74. The van der Waals surface area contributed by atoms with Crippen molar-refractivity contribution in [3.05, 3.63) is 82.0 Å². The van der Waals surface area contributed by atoms with Gasteiger partial charge >= 0.3 is 0 Å². The highest BCUT2D eigenvalue weighted by molar-refractivity contribution is 7.99. The molecule has 0 aliphatic heterocycles. The van der Waals surface area contributed by atoms with Crippen LogP contribution in [0.4, 0.5) is 5.69 Å². The van der Waals surface area contributed by atoms with Crippen LogP contribution in [0, 0.1) is 0 Å². The number of thioether (sulfide) groups is 1. The van der Waals surface area contributed by atoms with E-state index in [-0.39, 0.29) is 17.2 Å². The summed E-state index contributed by atoms with van der Waals surface area (Å²) in [5.74, 6) is 0.754. The average molecular weight is 466 g/mol. The van der Waals surface area contributed by atoms with E-state index < -0.39 is 0 Å². The first-order valence-electron chi connectivity index (χ1n) is 10.3. The quantitative estimate of drug-likeness (QED) is 0.283. The number of rotatable bonds is 9. The van der Waals surface area contributed by atoms with Crippen molar-refractivity contribution in [3.8, 4) is 5.75 Å². The molecule has 8 heteroatoms. The smallest absolute Gasteiger partial charge is 0.272 e. The molecule has 0 bridgehead atoms. The molecule has 0 atom stereocenters. The van der Waals surface area contributed by atoms with Crippen LogP contribution in [0.5, 0.6) is 5.75 Å². The van der Waals surface area contributed by atoms with Crippen molar-refractivity contribution in [2.45, 2.75) is 25.0 Å². The van der Waals surface area contributed by atoms with Gasteiger partial charge < -0.3 is 10.1 Å². The monoisotopic (exact) mass is 465 g/mol. The number of thiophene rings is 1. The molecule has 1 amide bonds. The van der Waals surface area contributed by atoms with Crippen LogP contribution in [-0.4, -0.2) is 27.8 Å². The number of aromatic nitrogens is 2. The van der Waals surface area contributed by atoms with Crippen LogP contribution in [0.25, 0.3) is 10.2 Å². The van der Waals surface area contributed by atoms with E-state index in [1.807, 2.05) is 60.8 Å². The van der Waals surface area contributed by atoms with E-state index in [0.717, 1.165) is 11.3 Å². The normalized spacial score (nSPS) is 10.9. The fourth-order valence-electron chi connectivity index (χ4n) is 3.24. The molecule has 0 fully saturated rings. The van der Waals surface area contributed by atoms with Gasteiger partial charge in [-0.05, 0) is 54.6 Å². The maximum absolute atomic E-state index is 13.1. The van der Waals surface area contributed by atoms with Crippen molar-refractivity contribution < 1.29 is 9.53 Å². The molecule has 0 unspecified atom stereocenters. The van der Waals surface area contributed by atoms with E-state index in [2.05, 4.69) is 10.3 Å². The summed E-state index contributed by atoms with van der Waals surface area (Å²) in [6, 6.07) is 19.1. The largest absolute Gasteiger partial charge is 0.494 e. The first-order valence-corrected chi connectivity index (χ1v) is 12.2. The van der Waals surface area contributed by atoms with Gasteiger partial charge in [0.25, 0.3) is 5.56 Å². The van der Waals surface area contributed by atoms with Crippen molar-refractivity contribution in [1.29, 1.82) is 0 Å². The molecule has 4 rings (SSSR count). The SMILES string of the molecule is CCOc1ccc(NC(=O)CSc2nc3ccsc3c(=O)n2CCc2ccccc2)cc1. The summed E-state index contributed by atoms with van der Waals surface area (Å²) in [4.78, 5) is 30.2. The Kier molecular flexibility index (Phi) is 7.24. The van der Waals surface area contributed by atoms with Gasteiger partial charge in [-0.2, -0.15) is 0 Å². The van der Waals surface area contributed by atoms with Crippen molar-refractivity contribution in [3.63, 3.8) is 0 Å². The number of aryl methyl sites for hydroxylation is 1. The maximum atomic E-state index is 13.1. The zero-order valence-electron chi connectivity index (χ0n) is 17.6. The predicted molar refractivity (Wildman–Crippen MR) is 131 cm³/mol. The number of ether oxygens (including phenoxy) is 1. The fraction of sp³-hybridized carbons (Fsp3) is 0.208. The van der Waals surface area contributed by atoms with Crippen molar-refractivity contribution in [1.82, 2.24) is 9.55 Å². The summed E-state index contributed by atoms with van der Waals surface area (Å²) in [6.07, 6.45) is 0.714. The third-order valence-electron chi connectivity index (χ3n) is 4.78. The number of nitrogens with zero attached hydrogens (tertiary/aromatic N) is 2. The van der Waals surface area contributed by atoms with Crippen molar-refractivity contribution in [2.75, 3.05) is 17.7 Å². The molecule has 32 heavy (non-hydrogen) atoms. The molecule has 0 saturated heterocycles. The lowest BCUT2D eigenvalue weighted by Gasteiger charge is -2.12. The van der Waals surface area contributed by atoms with E-state index in [4.69, 9.17) is 4.74 Å². The number of nitrogens with one attached hydrogen (secondary N) is 1. The lowest BCUT2D eigenvalue weighted by atomic mass is 10.1. The van der Waals surface area contributed by atoms with Gasteiger partial charge in [-0.15, -0.1) is 11.3 Å². The second kappa shape index (κ2) is 10.5. The van der Waals surface area contributed by atoms with E-state index in [0.29, 0.717) is 40.6 Å². The summed E-state index contributed by atoms with van der Waals surface area (Å²) in [5.41, 5.74) is 2.46. The molecule has 164 valence electrons. The van der Waals surface area contributed by atoms with Crippen LogP contribution in [0.15, 0.2) is 76.0 Å². The Morgan fingerprint density at radius 1 is 1.12 bits per heavy atom. The van der Waals surface area contributed by atoms with Crippen LogP contribution in [0.1, 0.15) is 12.5 Å². The molecule has 4 aromatic rings. The first kappa shape index (κ1) is 22.1. The molecule has 2 heterocycles. The number of anilines is 1. The standard InChI is InChI=1S/C24H23N3O3S2/c1-2-30-19-10-8-18(9-11-19)25-21(28)16-32-24-26-20-13-15-31-22(20)23(29)27(24)14-12-17-6-4-3-5-7-17/h3-11,13,15H,2,12,14,16H2,1H3,(H,25,28). The van der Waals surface area contributed by atoms with Crippen LogP contribution >= 0.6 is 23.1 Å². The molecule has 1 N–H and O–H groups in total. The molecule has 0 aliphatic rings. The second-order valence-corrected chi connectivity index (χ2v) is 8.87. The van der Waals surface area contributed by atoms with Crippen LogP contribution in [0.3, 0.4) is 0 Å². The highest BCUT2D eigenvalue weighted by Gasteiger charge is 2.14. The number of carbonyl (C=O) groups is 1. The van der Waals surface area contributed by atoms with Crippen LogP contribution < -0.4 is 15.6 Å². The molecule has 6 nitrogen and oxygen atoms in total. The van der Waals surface area contributed by atoms with Crippen LogP contribution in [-0.2, 0) is 17.8 Å². The molecule has 2 aromatic carbocycles. The van der Waals surface area contributed by atoms with E-state index >= 15 is 0 Å². The van der Waals surface area contributed by atoms with E-state index in [9.17, 15) is 9.59 Å². The van der Waals surface area contributed by atoms with Crippen molar-refractivity contribution >= 4 is 44.9 Å². The zero-order valence-corrected chi connectivity index (χ0v) is 19.2. The Labute approximate surface area is 194 Å². The molecular weight excluding hydrogens is 442 g/mol. The lowest BCUT2D eigenvalue weighted by Crippen LogP contribution is -2.24. The Morgan fingerprint density at radius 2 is 1.91 bits per heavy atom.